The molecule has 0 aromatic carbocycles. The molecule has 1 heteroatoms. The summed E-state index contributed by atoms with van der Waals surface area (Å²) in [6.07, 6.45) is 3.95. The molecule has 0 saturated carbocycles. The van der Waals surface area contributed by atoms with Crippen LogP contribution in [0.2, 0.25) is 0 Å². The van der Waals surface area contributed by atoms with E-state index in [9.17, 15) is 0 Å². The summed E-state index contributed by atoms with van der Waals surface area (Å²) in [6.45, 7) is 15.2. The minimum Gasteiger partial charge on any atom is -0.269 e. The Kier molecular flexibility index (Phi) is 3.89. The van der Waals surface area contributed by atoms with Crippen LogP contribution in [0.15, 0.2) is 16.8 Å². The minimum atomic E-state index is 0.175. The van der Waals surface area contributed by atoms with Gasteiger partial charge in [0.2, 0.25) is 0 Å². The molecule has 0 N–H and O–H groups in total. The van der Waals surface area contributed by atoms with Crippen molar-refractivity contribution in [3.05, 3.63) is 11.8 Å². The summed E-state index contributed by atoms with van der Waals surface area (Å²) in [5.74, 6) is 0. The van der Waals surface area contributed by atoms with E-state index in [-0.39, 0.29) is 10.8 Å². The highest BCUT2D eigenvalue weighted by Crippen LogP contribution is 2.24. The first-order chi connectivity index (χ1) is 5.63. The summed E-state index contributed by atoms with van der Waals surface area (Å²) in [6, 6.07) is 0. The zero-order valence-corrected chi connectivity index (χ0v) is 10.1. The Morgan fingerprint density at radius 2 is 1.46 bits per heavy atom. The van der Waals surface area contributed by atoms with E-state index in [1.807, 2.05) is 12.4 Å². The van der Waals surface area contributed by atoms with Crippen LogP contribution in [-0.4, -0.2) is 6.21 Å². The van der Waals surface area contributed by atoms with Gasteiger partial charge in [0.15, 0.2) is 0 Å². The van der Waals surface area contributed by atoms with Gasteiger partial charge in [-0.2, -0.15) is 0 Å². The van der Waals surface area contributed by atoms with E-state index in [0.717, 1.165) is 0 Å². The zero-order chi connectivity index (χ0) is 10.7. The van der Waals surface area contributed by atoms with E-state index < -0.39 is 0 Å². The van der Waals surface area contributed by atoms with Crippen molar-refractivity contribution in [3.63, 3.8) is 0 Å². The Labute approximate surface area is 83.0 Å². The first-order valence-corrected chi connectivity index (χ1v) is 4.84. The lowest BCUT2D eigenvalue weighted by molar-refractivity contribution is 0.502. The van der Waals surface area contributed by atoms with Crippen LogP contribution in [0.25, 0.3) is 0 Å². The highest BCUT2D eigenvalue weighted by Gasteiger charge is 2.11. The second-order valence-electron chi connectivity index (χ2n) is 5.71. The van der Waals surface area contributed by atoms with Crippen molar-refractivity contribution in [1.29, 1.82) is 0 Å². The molecule has 0 saturated heterocycles. The molecule has 0 heterocycles. The molecule has 0 fully saturated rings. The van der Waals surface area contributed by atoms with Crippen LogP contribution < -0.4 is 0 Å². The predicted octanol–water partition coefficient (Wildman–Crippen LogP) is 4.05. The lowest BCUT2D eigenvalue weighted by Gasteiger charge is -2.18. The van der Waals surface area contributed by atoms with Gasteiger partial charge in [-0.25, -0.2) is 0 Å². The van der Waals surface area contributed by atoms with E-state index in [2.05, 4.69) is 53.5 Å². The van der Waals surface area contributed by atoms with E-state index in [1.54, 1.807) is 0 Å². The third-order valence-corrected chi connectivity index (χ3v) is 1.91. The predicted molar refractivity (Wildman–Crippen MR) is 61.2 cm³/mol. The molecule has 76 valence electrons. The van der Waals surface area contributed by atoms with Gasteiger partial charge in [-0.1, -0.05) is 41.5 Å². The second kappa shape index (κ2) is 4.08. The maximum atomic E-state index is 4.32. The fourth-order valence-corrected chi connectivity index (χ4v) is 0.566. The third-order valence-electron chi connectivity index (χ3n) is 1.91. The molecule has 0 rings (SSSR count). The maximum absolute atomic E-state index is 4.32. The molecular formula is C12H23N. The first-order valence-electron chi connectivity index (χ1n) is 4.84. The van der Waals surface area contributed by atoms with Gasteiger partial charge in [0.05, 0.1) is 0 Å². The second-order valence-corrected chi connectivity index (χ2v) is 5.71. The summed E-state index contributed by atoms with van der Waals surface area (Å²) < 4.78 is 0. The summed E-state index contributed by atoms with van der Waals surface area (Å²) >= 11 is 0. The van der Waals surface area contributed by atoms with Gasteiger partial charge < -0.3 is 0 Å². The molecule has 0 amide bonds. The molecule has 13 heavy (non-hydrogen) atoms. The topological polar surface area (TPSA) is 12.4 Å². The van der Waals surface area contributed by atoms with E-state index in [4.69, 9.17) is 0 Å². The monoisotopic (exact) mass is 181 g/mol. The molecule has 0 atom stereocenters. The number of nitrogens with zero attached hydrogens (tertiary/aromatic N) is 1. The Hall–Kier alpha value is -0.590. The Balaban J connectivity index is 4.37. The fraction of sp³-hybridized carbons (Fsp3) is 0.750. The van der Waals surface area contributed by atoms with Crippen LogP contribution in [0, 0.1) is 10.8 Å². The number of allylic oxidation sites excluding steroid dienone is 1. The normalized spacial score (nSPS) is 15.5. The highest BCUT2D eigenvalue weighted by molar-refractivity contribution is 5.64. The van der Waals surface area contributed by atoms with Crippen molar-refractivity contribution in [1.82, 2.24) is 0 Å². The zero-order valence-electron chi connectivity index (χ0n) is 10.1. The minimum absolute atomic E-state index is 0.175. The Bertz CT molecular complexity index is 208. The van der Waals surface area contributed by atoms with Gasteiger partial charge in [0.25, 0.3) is 0 Å². The van der Waals surface area contributed by atoms with Gasteiger partial charge in [0.1, 0.15) is 0 Å². The number of aliphatic imine (C=N–C) groups is 1. The average molecular weight is 181 g/mol. The van der Waals surface area contributed by atoms with Crippen LogP contribution in [0.3, 0.4) is 0 Å². The number of rotatable bonds is 1. The molecule has 1 nitrogen and oxygen atoms in total. The van der Waals surface area contributed by atoms with E-state index in [0.29, 0.717) is 0 Å². The molecule has 0 aromatic rings. The summed E-state index contributed by atoms with van der Waals surface area (Å²) in [5.41, 5.74) is 1.72. The third kappa shape index (κ3) is 6.56. The molecule has 0 aliphatic rings. The largest absolute Gasteiger partial charge is 0.269 e. The SMILES string of the molecule is C/C(=C/N=CC(C)(C)C)C(C)(C)C. The van der Waals surface area contributed by atoms with Gasteiger partial charge in [-0.05, 0) is 23.3 Å². The standard InChI is InChI=1S/C12H23N/c1-10(12(5,6)7)8-13-9-11(2,3)4/h8-9H,1-7H3/b10-8-,13-9?. The molecule has 0 unspecified atom stereocenters. The van der Waals surface area contributed by atoms with Crippen molar-refractivity contribution < 1.29 is 0 Å². The van der Waals surface area contributed by atoms with Crippen LogP contribution in [0.5, 0.6) is 0 Å². The number of hydrogen-bond donors (Lipinski definition) is 0. The van der Waals surface area contributed by atoms with Crippen molar-refractivity contribution >= 4 is 6.21 Å². The van der Waals surface area contributed by atoms with Crippen LogP contribution in [0.1, 0.15) is 48.5 Å². The van der Waals surface area contributed by atoms with E-state index in [1.165, 1.54) is 5.57 Å². The van der Waals surface area contributed by atoms with Crippen molar-refractivity contribution in [2.75, 3.05) is 0 Å². The summed E-state index contributed by atoms with van der Waals surface area (Å²) in [7, 11) is 0. The average Bonchev–Trinajstić information content (AvgIpc) is 1.82. The molecule has 0 spiro atoms. The quantitative estimate of drug-likeness (QED) is 0.541. The Morgan fingerprint density at radius 1 is 1.00 bits per heavy atom. The lowest BCUT2D eigenvalue weighted by Crippen LogP contribution is -2.07. The first kappa shape index (κ1) is 12.4. The Morgan fingerprint density at radius 3 is 1.77 bits per heavy atom. The smallest absolute Gasteiger partial charge is 0.0258 e. The van der Waals surface area contributed by atoms with Gasteiger partial charge in [-0.15, -0.1) is 0 Å². The molecule has 0 radical (unpaired) electrons. The summed E-state index contributed by atoms with van der Waals surface area (Å²) in [5, 5.41) is 0. The fourth-order valence-electron chi connectivity index (χ4n) is 0.566. The summed E-state index contributed by atoms with van der Waals surface area (Å²) in [4.78, 5) is 4.32. The van der Waals surface area contributed by atoms with E-state index >= 15 is 0 Å². The lowest BCUT2D eigenvalue weighted by atomic mass is 9.88. The molecular weight excluding hydrogens is 158 g/mol. The van der Waals surface area contributed by atoms with Gasteiger partial charge in [-0.3, -0.25) is 4.99 Å². The maximum Gasteiger partial charge on any atom is 0.0258 e. The molecule has 0 bridgehead atoms. The van der Waals surface area contributed by atoms with Crippen molar-refractivity contribution in [3.8, 4) is 0 Å². The molecule has 0 aromatic heterocycles. The molecule has 0 aliphatic heterocycles. The van der Waals surface area contributed by atoms with Crippen LogP contribution in [0.4, 0.5) is 0 Å². The molecule has 0 aliphatic carbocycles. The highest BCUT2D eigenvalue weighted by atomic mass is 14.7. The van der Waals surface area contributed by atoms with Crippen LogP contribution >= 0.6 is 0 Å². The van der Waals surface area contributed by atoms with Crippen LogP contribution in [-0.2, 0) is 0 Å². The number of hydrogen-bond acceptors (Lipinski definition) is 1. The van der Waals surface area contributed by atoms with Gasteiger partial charge >= 0.3 is 0 Å². The van der Waals surface area contributed by atoms with Crippen molar-refractivity contribution in [2.45, 2.75) is 48.5 Å². The van der Waals surface area contributed by atoms with Crippen molar-refractivity contribution in [2.24, 2.45) is 15.8 Å². The van der Waals surface area contributed by atoms with Gasteiger partial charge in [0, 0.05) is 12.4 Å².